The maximum Gasteiger partial charge on any atom is 0.276 e. The van der Waals surface area contributed by atoms with Crippen molar-refractivity contribution in [1.82, 2.24) is 14.2 Å². The van der Waals surface area contributed by atoms with Gasteiger partial charge in [0.2, 0.25) is 0 Å². The molecular formula is C23H23N3O4. The Hall–Kier alpha value is -3.58. The molecule has 0 aliphatic heterocycles. The number of ether oxygens (including phenoxy) is 2. The zero-order chi connectivity index (χ0) is 21.1. The van der Waals surface area contributed by atoms with Gasteiger partial charge in [-0.05, 0) is 55.0 Å². The minimum Gasteiger partial charge on any atom is -0.497 e. The molecule has 0 aliphatic carbocycles. The molecule has 0 saturated heterocycles. The average Bonchev–Trinajstić information content (AvgIpc) is 3.22. The van der Waals surface area contributed by atoms with Crippen LogP contribution in [0.2, 0.25) is 0 Å². The lowest BCUT2D eigenvalue weighted by Crippen LogP contribution is -2.24. The van der Waals surface area contributed by atoms with E-state index in [4.69, 9.17) is 9.47 Å². The van der Waals surface area contributed by atoms with Crippen molar-refractivity contribution in [3.05, 3.63) is 82.9 Å². The van der Waals surface area contributed by atoms with E-state index < -0.39 is 6.10 Å². The Labute approximate surface area is 173 Å². The van der Waals surface area contributed by atoms with Gasteiger partial charge in [0.05, 0.1) is 32.1 Å². The van der Waals surface area contributed by atoms with Crippen LogP contribution in [0.15, 0.2) is 71.8 Å². The average molecular weight is 405 g/mol. The van der Waals surface area contributed by atoms with Crippen molar-refractivity contribution in [2.24, 2.45) is 0 Å². The van der Waals surface area contributed by atoms with Crippen LogP contribution in [0.4, 0.5) is 0 Å². The standard InChI is InChI=1S/C23H23N3O4/c1-3-30-19-10-4-16(5-11-19)20-14-21-23(28)25(12-13-26(21)24-20)15-22(27)17-6-8-18(29-2)9-7-17/h4-14,22,27H,3,15H2,1-2H3. The Morgan fingerprint density at radius 1 is 1.03 bits per heavy atom. The summed E-state index contributed by atoms with van der Waals surface area (Å²) in [5, 5.41) is 15.1. The predicted molar refractivity (Wildman–Crippen MR) is 114 cm³/mol. The van der Waals surface area contributed by atoms with E-state index in [0.29, 0.717) is 29.1 Å². The number of aliphatic hydroxyl groups excluding tert-OH is 1. The van der Waals surface area contributed by atoms with Crippen molar-refractivity contribution in [3.63, 3.8) is 0 Å². The van der Waals surface area contributed by atoms with Gasteiger partial charge in [-0.3, -0.25) is 4.79 Å². The Balaban J connectivity index is 1.59. The number of methoxy groups -OCH3 is 1. The zero-order valence-corrected chi connectivity index (χ0v) is 16.9. The van der Waals surface area contributed by atoms with E-state index in [2.05, 4.69) is 5.10 Å². The molecule has 0 fully saturated rings. The van der Waals surface area contributed by atoms with Crippen LogP contribution in [0.3, 0.4) is 0 Å². The quantitative estimate of drug-likeness (QED) is 0.510. The Morgan fingerprint density at radius 2 is 1.73 bits per heavy atom. The van der Waals surface area contributed by atoms with Crippen LogP contribution in [0.5, 0.6) is 11.5 Å². The molecular weight excluding hydrogens is 382 g/mol. The molecule has 0 saturated carbocycles. The molecule has 154 valence electrons. The van der Waals surface area contributed by atoms with Gasteiger partial charge in [-0.15, -0.1) is 0 Å². The summed E-state index contributed by atoms with van der Waals surface area (Å²) in [5.41, 5.74) is 2.54. The van der Waals surface area contributed by atoms with Crippen LogP contribution in [0, 0.1) is 0 Å². The van der Waals surface area contributed by atoms with E-state index in [1.54, 1.807) is 54.4 Å². The second kappa shape index (κ2) is 8.42. The first-order valence-electron chi connectivity index (χ1n) is 9.73. The predicted octanol–water partition coefficient (Wildman–Crippen LogP) is 3.30. The summed E-state index contributed by atoms with van der Waals surface area (Å²) in [6, 6.07) is 16.5. The third-order valence-corrected chi connectivity index (χ3v) is 4.93. The van der Waals surface area contributed by atoms with Gasteiger partial charge in [0.25, 0.3) is 5.56 Å². The van der Waals surface area contributed by atoms with Gasteiger partial charge in [0.1, 0.15) is 17.0 Å². The number of hydrogen-bond donors (Lipinski definition) is 1. The highest BCUT2D eigenvalue weighted by molar-refractivity contribution is 5.66. The molecule has 0 bridgehead atoms. The van der Waals surface area contributed by atoms with Gasteiger partial charge < -0.3 is 19.1 Å². The van der Waals surface area contributed by atoms with E-state index in [0.717, 1.165) is 11.3 Å². The summed E-state index contributed by atoms with van der Waals surface area (Å²) < 4.78 is 13.7. The van der Waals surface area contributed by atoms with Crippen LogP contribution in [-0.2, 0) is 6.54 Å². The lowest BCUT2D eigenvalue weighted by Gasteiger charge is -2.13. The minimum absolute atomic E-state index is 0.144. The molecule has 7 heteroatoms. The van der Waals surface area contributed by atoms with E-state index in [9.17, 15) is 9.90 Å². The Kier molecular flexibility index (Phi) is 5.54. The molecule has 1 N–H and O–H groups in total. The SMILES string of the molecule is CCOc1ccc(-c2cc3c(=O)n(CC(O)c4ccc(OC)cc4)ccn3n2)cc1. The van der Waals surface area contributed by atoms with Gasteiger partial charge in [-0.2, -0.15) is 5.10 Å². The first-order valence-corrected chi connectivity index (χ1v) is 9.73. The number of rotatable bonds is 7. The Morgan fingerprint density at radius 3 is 2.40 bits per heavy atom. The lowest BCUT2D eigenvalue weighted by atomic mass is 10.1. The number of aliphatic hydroxyl groups is 1. The third kappa shape index (κ3) is 3.92. The van der Waals surface area contributed by atoms with Gasteiger partial charge >= 0.3 is 0 Å². The molecule has 0 amide bonds. The molecule has 4 aromatic rings. The van der Waals surface area contributed by atoms with Crippen LogP contribution < -0.4 is 15.0 Å². The molecule has 0 spiro atoms. The van der Waals surface area contributed by atoms with Gasteiger partial charge in [0.15, 0.2) is 0 Å². The van der Waals surface area contributed by atoms with Gasteiger partial charge in [-0.1, -0.05) is 12.1 Å². The molecule has 0 aliphatic rings. The summed E-state index contributed by atoms with van der Waals surface area (Å²) in [5.74, 6) is 1.51. The lowest BCUT2D eigenvalue weighted by molar-refractivity contribution is 0.155. The summed E-state index contributed by atoms with van der Waals surface area (Å²) >= 11 is 0. The first-order chi connectivity index (χ1) is 14.6. The minimum atomic E-state index is -0.815. The van der Waals surface area contributed by atoms with Crippen molar-refractivity contribution >= 4 is 5.52 Å². The molecule has 2 aromatic carbocycles. The number of aromatic nitrogens is 3. The second-order valence-corrected chi connectivity index (χ2v) is 6.86. The van der Waals surface area contributed by atoms with Crippen LogP contribution in [-0.4, -0.2) is 33.0 Å². The number of hydrogen-bond acceptors (Lipinski definition) is 5. The van der Waals surface area contributed by atoms with Gasteiger partial charge in [-0.25, -0.2) is 4.52 Å². The van der Waals surface area contributed by atoms with Crippen molar-refractivity contribution < 1.29 is 14.6 Å². The van der Waals surface area contributed by atoms with Crippen molar-refractivity contribution in [3.8, 4) is 22.8 Å². The fourth-order valence-corrected chi connectivity index (χ4v) is 3.32. The smallest absolute Gasteiger partial charge is 0.276 e. The highest BCUT2D eigenvalue weighted by Gasteiger charge is 2.13. The molecule has 1 atom stereocenters. The van der Waals surface area contributed by atoms with E-state index in [-0.39, 0.29) is 12.1 Å². The summed E-state index contributed by atoms with van der Waals surface area (Å²) in [6.07, 6.45) is 2.54. The number of benzene rings is 2. The van der Waals surface area contributed by atoms with Crippen LogP contribution in [0.25, 0.3) is 16.8 Å². The summed E-state index contributed by atoms with van der Waals surface area (Å²) in [7, 11) is 1.59. The van der Waals surface area contributed by atoms with Crippen molar-refractivity contribution in [1.29, 1.82) is 0 Å². The van der Waals surface area contributed by atoms with Gasteiger partial charge in [0, 0.05) is 18.0 Å². The molecule has 7 nitrogen and oxygen atoms in total. The molecule has 0 radical (unpaired) electrons. The van der Waals surface area contributed by atoms with Crippen molar-refractivity contribution in [2.45, 2.75) is 19.6 Å². The summed E-state index contributed by atoms with van der Waals surface area (Å²) in [6.45, 7) is 2.69. The molecule has 4 rings (SSSR count). The van der Waals surface area contributed by atoms with E-state index in [1.165, 1.54) is 4.57 Å². The summed E-state index contributed by atoms with van der Waals surface area (Å²) in [4.78, 5) is 12.9. The molecule has 2 aromatic heterocycles. The fourth-order valence-electron chi connectivity index (χ4n) is 3.32. The Bertz CT molecular complexity index is 1190. The normalized spacial score (nSPS) is 12.1. The third-order valence-electron chi connectivity index (χ3n) is 4.93. The maximum atomic E-state index is 12.9. The fraction of sp³-hybridized carbons (Fsp3) is 0.217. The topological polar surface area (TPSA) is 78.0 Å². The zero-order valence-electron chi connectivity index (χ0n) is 16.9. The highest BCUT2D eigenvalue weighted by atomic mass is 16.5. The highest BCUT2D eigenvalue weighted by Crippen LogP contribution is 2.22. The second-order valence-electron chi connectivity index (χ2n) is 6.86. The van der Waals surface area contributed by atoms with E-state index in [1.807, 2.05) is 31.2 Å². The molecule has 2 heterocycles. The molecule has 1 unspecified atom stereocenters. The van der Waals surface area contributed by atoms with Crippen molar-refractivity contribution in [2.75, 3.05) is 13.7 Å². The first kappa shape index (κ1) is 19.7. The number of nitrogens with zero attached hydrogens (tertiary/aromatic N) is 3. The largest absolute Gasteiger partial charge is 0.497 e. The monoisotopic (exact) mass is 405 g/mol. The van der Waals surface area contributed by atoms with Crippen LogP contribution >= 0.6 is 0 Å². The molecule has 30 heavy (non-hydrogen) atoms. The number of fused-ring (bicyclic) bond motifs is 1. The maximum absolute atomic E-state index is 12.9. The van der Waals surface area contributed by atoms with E-state index >= 15 is 0 Å². The van der Waals surface area contributed by atoms with Crippen LogP contribution in [0.1, 0.15) is 18.6 Å².